The highest BCUT2D eigenvalue weighted by atomic mass is 35.5. The monoisotopic (exact) mass is 318 g/mol. The molecule has 0 atom stereocenters. The minimum Gasteiger partial charge on any atom is -0.319 e. The summed E-state index contributed by atoms with van der Waals surface area (Å²) < 4.78 is 1.50. The van der Waals surface area contributed by atoms with Crippen LogP contribution in [0.5, 0.6) is 0 Å². The molecule has 1 aromatic carbocycles. The number of hydrogen-bond donors (Lipinski definition) is 1. The Morgan fingerprint density at radius 1 is 1.36 bits per heavy atom. The van der Waals surface area contributed by atoms with Crippen LogP contribution in [0.25, 0.3) is 0 Å². The number of amides is 2. The van der Waals surface area contributed by atoms with Crippen molar-refractivity contribution in [2.24, 2.45) is 7.05 Å². The Balaban J connectivity index is 2.35. The van der Waals surface area contributed by atoms with Gasteiger partial charge in [-0.1, -0.05) is 19.1 Å². The fourth-order valence-electron chi connectivity index (χ4n) is 2.69. The first-order chi connectivity index (χ1) is 10.6. The Bertz CT molecular complexity index is 769. The quantitative estimate of drug-likeness (QED) is 0.865. The molecule has 2 amide bonds. The third kappa shape index (κ3) is 2.07. The second kappa shape index (κ2) is 5.46. The number of rotatable bonds is 2. The van der Waals surface area contributed by atoms with Crippen LogP contribution in [0, 0.1) is 0 Å². The van der Waals surface area contributed by atoms with E-state index in [-0.39, 0.29) is 17.7 Å². The van der Waals surface area contributed by atoms with E-state index in [0.717, 1.165) is 0 Å². The summed E-state index contributed by atoms with van der Waals surface area (Å²) in [5.74, 6) is -0.767. The van der Waals surface area contributed by atoms with Crippen LogP contribution in [0.3, 0.4) is 0 Å². The minimum atomic E-state index is -0.297. The summed E-state index contributed by atoms with van der Waals surface area (Å²) in [7, 11) is 1.69. The number of nitrogens with zero attached hydrogens (tertiary/aromatic N) is 3. The average molecular weight is 319 g/mol. The van der Waals surface area contributed by atoms with Gasteiger partial charge in [-0.25, -0.2) is 0 Å². The van der Waals surface area contributed by atoms with Crippen LogP contribution in [0.4, 0.5) is 17.1 Å². The molecule has 0 saturated carbocycles. The van der Waals surface area contributed by atoms with E-state index in [0.29, 0.717) is 34.9 Å². The largest absolute Gasteiger partial charge is 0.319 e. The number of aryl methyl sites for hydroxylation is 2. The fourth-order valence-corrected chi connectivity index (χ4v) is 2.81. The summed E-state index contributed by atoms with van der Waals surface area (Å²) in [5, 5.41) is 7.19. The van der Waals surface area contributed by atoms with Crippen molar-refractivity contribution in [3.05, 3.63) is 35.7 Å². The summed E-state index contributed by atoms with van der Waals surface area (Å²) in [6.45, 7) is 1.93. The predicted octanol–water partition coefficient (Wildman–Crippen LogP) is 2.45. The van der Waals surface area contributed by atoms with Gasteiger partial charge in [0.25, 0.3) is 5.91 Å². The number of aromatic nitrogens is 2. The molecule has 0 fully saturated rings. The molecule has 1 aromatic heterocycles. The third-order valence-corrected chi connectivity index (χ3v) is 3.85. The highest BCUT2D eigenvalue weighted by molar-refractivity contribution is 6.31. The molecule has 0 unspecified atom stereocenters. The van der Waals surface area contributed by atoms with Crippen LogP contribution in [0.2, 0.25) is 0 Å². The molecular formula is C15H15ClN4O2. The Morgan fingerprint density at radius 3 is 2.77 bits per heavy atom. The molecule has 1 N–H and O–H groups in total. The van der Waals surface area contributed by atoms with Crippen molar-refractivity contribution in [3.63, 3.8) is 0 Å². The number of benzene rings is 1. The molecule has 6 nitrogen and oxygen atoms in total. The highest BCUT2D eigenvalue weighted by Crippen LogP contribution is 2.39. The van der Waals surface area contributed by atoms with Crippen molar-refractivity contribution in [1.29, 1.82) is 0 Å². The standard InChI is InChI=1S/C15H15ClN4O2/c1-3-9-13-14(19(2)18-9)15(22)17-10-6-4-5-7-11(10)20(13)12(21)8-16/h4-7H,3,8H2,1-2H3,(H,17,22). The number of para-hydroxylation sites is 2. The maximum absolute atomic E-state index is 12.5. The minimum absolute atomic E-state index is 0.181. The summed E-state index contributed by atoms with van der Waals surface area (Å²) in [5.41, 5.74) is 2.72. The molecule has 22 heavy (non-hydrogen) atoms. The Morgan fingerprint density at radius 2 is 2.09 bits per heavy atom. The second-order valence-electron chi connectivity index (χ2n) is 4.96. The number of hydrogen-bond acceptors (Lipinski definition) is 3. The van der Waals surface area contributed by atoms with Crippen LogP contribution in [0.15, 0.2) is 24.3 Å². The van der Waals surface area contributed by atoms with Crippen molar-refractivity contribution in [2.45, 2.75) is 13.3 Å². The molecule has 1 aliphatic heterocycles. The van der Waals surface area contributed by atoms with Crippen LogP contribution in [-0.2, 0) is 18.3 Å². The van der Waals surface area contributed by atoms with Crippen LogP contribution in [-0.4, -0.2) is 27.5 Å². The number of alkyl halides is 1. The molecule has 1 aliphatic rings. The maximum atomic E-state index is 12.5. The van der Waals surface area contributed by atoms with E-state index in [2.05, 4.69) is 10.4 Å². The molecular weight excluding hydrogens is 304 g/mol. The summed E-state index contributed by atoms with van der Waals surface area (Å²) in [6, 6.07) is 7.15. The van der Waals surface area contributed by atoms with Crippen LogP contribution >= 0.6 is 11.6 Å². The average Bonchev–Trinajstić information content (AvgIpc) is 2.78. The van der Waals surface area contributed by atoms with Crippen molar-refractivity contribution in [1.82, 2.24) is 9.78 Å². The van der Waals surface area contributed by atoms with Crippen molar-refractivity contribution in [3.8, 4) is 0 Å². The van der Waals surface area contributed by atoms with Gasteiger partial charge in [0.05, 0.1) is 17.1 Å². The van der Waals surface area contributed by atoms with Gasteiger partial charge < -0.3 is 5.32 Å². The van der Waals surface area contributed by atoms with E-state index in [1.807, 2.05) is 13.0 Å². The summed E-state index contributed by atoms with van der Waals surface area (Å²) >= 11 is 5.79. The van der Waals surface area contributed by atoms with Crippen molar-refractivity contribution >= 4 is 40.5 Å². The molecule has 0 saturated heterocycles. The molecule has 0 aliphatic carbocycles. The zero-order valence-electron chi connectivity index (χ0n) is 12.3. The number of carbonyl (C=O) groups excluding carboxylic acids is 2. The number of halogens is 1. The predicted molar refractivity (Wildman–Crippen MR) is 84.8 cm³/mol. The maximum Gasteiger partial charge on any atom is 0.276 e. The van der Waals surface area contributed by atoms with Gasteiger partial charge in [-0.05, 0) is 18.6 Å². The normalized spacial score (nSPS) is 13.2. The van der Waals surface area contributed by atoms with E-state index >= 15 is 0 Å². The van der Waals surface area contributed by atoms with E-state index < -0.39 is 0 Å². The van der Waals surface area contributed by atoms with Gasteiger partial charge in [0, 0.05) is 7.05 Å². The van der Waals surface area contributed by atoms with Gasteiger partial charge in [0.2, 0.25) is 5.91 Å². The van der Waals surface area contributed by atoms with E-state index in [1.165, 1.54) is 9.58 Å². The number of carbonyl (C=O) groups is 2. The zero-order valence-corrected chi connectivity index (χ0v) is 13.0. The number of nitrogens with one attached hydrogen (secondary N) is 1. The Hall–Kier alpha value is -2.34. The van der Waals surface area contributed by atoms with Crippen molar-refractivity contribution in [2.75, 3.05) is 16.1 Å². The first kappa shape index (κ1) is 14.6. The second-order valence-corrected chi connectivity index (χ2v) is 5.22. The van der Waals surface area contributed by atoms with E-state index in [1.54, 1.807) is 25.2 Å². The molecule has 0 bridgehead atoms. The smallest absolute Gasteiger partial charge is 0.276 e. The number of anilines is 3. The van der Waals surface area contributed by atoms with E-state index in [4.69, 9.17) is 11.6 Å². The van der Waals surface area contributed by atoms with Gasteiger partial charge >= 0.3 is 0 Å². The van der Waals surface area contributed by atoms with Gasteiger partial charge in [-0.2, -0.15) is 5.10 Å². The first-order valence-electron chi connectivity index (χ1n) is 6.93. The van der Waals surface area contributed by atoms with Gasteiger partial charge in [0.15, 0.2) is 5.69 Å². The zero-order chi connectivity index (χ0) is 15.9. The van der Waals surface area contributed by atoms with Crippen LogP contribution in [0.1, 0.15) is 23.1 Å². The van der Waals surface area contributed by atoms with Gasteiger partial charge in [-0.15, -0.1) is 11.6 Å². The highest BCUT2D eigenvalue weighted by Gasteiger charge is 2.34. The Labute approximate surface area is 132 Å². The third-order valence-electron chi connectivity index (χ3n) is 3.62. The van der Waals surface area contributed by atoms with Crippen LogP contribution < -0.4 is 10.2 Å². The van der Waals surface area contributed by atoms with Crippen molar-refractivity contribution < 1.29 is 9.59 Å². The fraction of sp³-hybridized carbons (Fsp3) is 0.267. The van der Waals surface area contributed by atoms with E-state index in [9.17, 15) is 9.59 Å². The molecule has 3 rings (SSSR count). The van der Waals surface area contributed by atoms with Gasteiger partial charge in [0.1, 0.15) is 11.6 Å². The molecule has 2 heterocycles. The molecule has 0 spiro atoms. The number of fused-ring (bicyclic) bond motifs is 2. The first-order valence-corrected chi connectivity index (χ1v) is 7.47. The Kier molecular flexibility index (Phi) is 3.62. The lowest BCUT2D eigenvalue weighted by Crippen LogP contribution is -2.28. The lowest BCUT2D eigenvalue weighted by atomic mass is 10.2. The lowest BCUT2D eigenvalue weighted by molar-refractivity contribution is -0.115. The molecule has 114 valence electrons. The molecule has 0 radical (unpaired) electrons. The SMILES string of the molecule is CCc1nn(C)c2c1N(C(=O)CCl)c1ccccc1NC2=O. The summed E-state index contributed by atoms with van der Waals surface area (Å²) in [6.07, 6.45) is 0.602. The molecule has 7 heteroatoms. The molecule has 2 aromatic rings. The van der Waals surface area contributed by atoms with Gasteiger partial charge in [-0.3, -0.25) is 19.2 Å². The summed E-state index contributed by atoms with van der Waals surface area (Å²) in [4.78, 5) is 26.5. The topological polar surface area (TPSA) is 67.2 Å². The lowest BCUT2D eigenvalue weighted by Gasteiger charge is -2.22.